The molecule has 50 heavy (non-hydrogen) atoms. The fraction of sp³-hybridized carbons (Fsp3) is 0.541. The topological polar surface area (TPSA) is 175 Å². The fourth-order valence-electron chi connectivity index (χ4n) is 6.91. The summed E-state index contributed by atoms with van der Waals surface area (Å²) in [6.45, 7) is 16.2. The first kappa shape index (κ1) is 39.6. The van der Waals surface area contributed by atoms with E-state index in [-0.39, 0.29) is 17.6 Å². The lowest BCUT2D eigenvalue weighted by Crippen LogP contribution is -2.59. The van der Waals surface area contributed by atoms with Gasteiger partial charge in [-0.2, -0.15) is 0 Å². The van der Waals surface area contributed by atoms with Crippen LogP contribution in [0.25, 0.3) is 0 Å². The summed E-state index contributed by atoms with van der Waals surface area (Å²) in [5.74, 6) is -8.69. The molecule has 0 unspecified atom stereocenters. The van der Waals surface area contributed by atoms with Crippen LogP contribution in [0.3, 0.4) is 0 Å². The highest BCUT2D eigenvalue weighted by molar-refractivity contribution is 5.94. The molecule has 13 nitrogen and oxygen atoms in total. The number of hydrogen-bond acceptors (Lipinski definition) is 13. The molecule has 2 aliphatic rings. The third-order valence-electron chi connectivity index (χ3n) is 8.87. The van der Waals surface area contributed by atoms with Gasteiger partial charge in [0.05, 0.1) is 11.5 Å². The van der Waals surface area contributed by atoms with Crippen molar-refractivity contribution in [3.05, 3.63) is 60.2 Å². The van der Waals surface area contributed by atoms with Crippen molar-refractivity contribution in [3.8, 4) is 0 Å². The standard InChI is InChI=1S/C37H46O13/c1-19-16-17-36(9,10)34(48-25(7)41)32(47-24(6)40)31(46-23(5)39)21(3)30(45-22(4)38)28-29(49-35(44)27-14-12-11-13-15-27)20(2)18-37(28,33(19)43)50-26(8)42/h11-17,19-20,28-32,34H,3,18H2,1-2,4-10H3/b17-16-/t19-,20-,28+,29-,30-,31-,32+,34+,37+/m0/s1. The molecule has 0 aromatic heterocycles. The molecular weight excluding hydrogens is 652 g/mol. The Morgan fingerprint density at radius 3 is 1.78 bits per heavy atom. The van der Waals surface area contributed by atoms with E-state index < -0.39 is 101 Å². The third-order valence-corrected chi connectivity index (χ3v) is 8.87. The van der Waals surface area contributed by atoms with Gasteiger partial charge in [0, 0.05) is 57.9 Å². The van der Waals surface area contributed by atoms with Crippen molar-refractivity contribution in [2.45, 2.75) is 105 Å². The third kappa shape index (κ3) is 8.85. The van der Waals surface area contributed by atoms with Crippen LogP contribution in [0.15, 0.2) is 54.6 Å². The summed E-state index contributed by atoms with van der Waals surface area (Å²) in [7, 11) is 0. The second kappa shape index (κ2) is 15.8. The summed E-state index contributed by atoms with van der Waals surface area (Å²) < 4.78 is 35.1. The average molecular weight is 699 g/mol. The van der Waals surface area contributed by atoms with Crippen LogP contribution in [0.4, 0.5) is 0 Å². The molecular formula is C37H46O13. The number of carbonyl (C=O) groups excluding carboxylic acids is 7. The minimum atomic E-state index is -2.07. The number of carbonyl (C=O) groups is 7. The molecule has 0 saturated heterocycles. The van der Waals surface area contributed by atoms with E-state index in [9.17, 15) is 33.6 Å². The second-order valence-corrected chi connectivity index (χ2v) is 13.5. The zero-order chi connectivity index (χ0) is 37.7. The number of ketones is 1. The number of ether oxygens (including phenoxy) is 6. The largest absolute Gasteiger partial charge is 0.458 e. The van der Waals surface area contributed by atoms with Gasteiger partial charge in [-0.3, -0.25) is 28.8 Å². The molecule has 0 aliphatic heterocycles. The zero-order valence-corrected chi connectivity index (χ0v) is 29.9. The molecule has 1 aromatic rings. The quantitative estimate of drug-likeness (QED) is 0.225. The minimum Gasteiger partial charge on any atom is -0.458 e. The van der Waals surface area contributed by atoms with Crippen molar-refractivity contribution >= 4 is 41.6 Å². The lowest BCUT2D eigenvalue weighted by molar-refractivity contribution is -0.192. The predicted molar refractivity (Wildman–Crippen MR) is 176 cm³/mol. The average Bonchev–Trinajstić information content (AvgIpc) is 3.28. The van der Waals surface area contributed by atoms with E-state index in [4.69, 9.17) is 28.4 Å². The van der Waals surface area contributed by atoms with Gasteiger partial charge >= 0.3 is 35.8 Å². The van der Waals surface area contributed by atoms with Crippen molar-refractivity contribution in [1.29, 1.82) is 0 Å². The number of benzene rings is 1. The van der Waals surface area contributed by atoms with Crippen LogP contribution in [0, 0.1) is 23.2 Å². The van der Waals surface area contributed by atoms with Gasteiger partial charge in [0.1, 0.15) is 12.2 Å². The first-order valence-electron chi connectivity index (χ1n) is 16.3. The molecule has 0 radical (unpaired) electrons. The van der Waals surface area contributed by atoms with Gasteiger partial charge in [0.25, 0.3) is 0 Å². The highest BCUT2D eigenvalue weighted by Gasteiger charge is 2.66. The Hall–Kier alpha value is -4.81. The Morgan fingerprint density at radius 2 is 1.26 bits per heavy atom. The van der Waals surface area contributed by atoms with E-state index in [0.29, 0.717) is 0 Å². The Balaban J connectivity index is 2.47. The Labute approximate surface area is 291 Å². The Morgan fingerprint density at radius 1 is 0.720 bits per heavy atom. The van der Waals surface area contributed by atoms with Crippen LogP contribution < -0.4 is 0 Å². The zero-order valence-electron chi connectivity index (χ0n) is 29.9. The fourth-order valence-corrected chi connectivity index (χ4v) is 6.91. The molecule has 13 heteroatoms. The number of allylic oxidation sites excluding steroid dienone is 1. The molecule has 0 amide bonds. The van der Waals surface area contributed by atoms with Gasteiger partial charge in [-0.15, -0.1) is 0 Å². The number of rotatable bonds is 7. The molecule has 2 aliphatic carbocycles. The van der Waals surface area contributed by atoms with E-state index >= 15 is 0 Å². The number of hydrogen-bond donors (Lipinski definition) is 0. The Kier molecular flexibility index (Phi) is 12.5. The van der Waals surface area contributed by atoms with Gasteiger partial charge in [0.2, 0.25) is 0 Å². The van der Waals surface area contributed by atoms with Crippen LogP contribution in [0.5, 0.6) is 0 Å². The molecule has 0 N–H and O–H groups in total. The first-order valence-corrected chi connectivity index (χ1v) is 16.3. The molecule has 0 spiro atoms. The van der Waals surface area contributed by atoms with Crippen molar-refractivity contribution in [2.24, 2.45) is 23.2 Å². The highest BCUT2D eigenvalue weighted by Crippen LogP contribution is 2.51. The summed E-state index contributed by atoms with van der Waals surface area (Å²) >= 11 is 0. The maximum atomic E-state index is 14.7. The number of esters is 6. The molecule has 1 saturated carbocycles. The van der Waals surface area contributed by atoms with Gasteiger partial charge in [-0.1, -0.05) is 64.6 Å². The molecule has 3 rings (SSSR count). The molecule has 1 aromatic carbocycles. The maximum Gasteiger partial charge on any atom is 0.338 e. The van der Waals surface area contributed by atoms with Gasteiger partial charge in [0.15, 0.2) is 29.7 Å². The lowest BCUT2D eigenvalue weighted by Gasteiger charge is -2.44. The summed E-state index contributed by atoms with van der Waals surface area (Å²) in [5, 5.41) is 0. The summed E-state index contributed by atoms with van der Waals surface area (Å²) in [6, 6.07) is 8.03. The van der Waals surface area contributed by atoms with Crippen molar-refractivity contribution in [3.63, 3.8) is 0 Å². The number of Topliss-reactive ketones (excluding diaryl/α,β-unsaturated/α-hetero) is 1. The van der Waals surface area contributed by atoms with Crippen LogP contribution in [-0.4, -0.2) is 77.7 Å². The number of fused-ring (bicyclic) bond motifs is 1. The summed E-state index contributed by atoms with van der Waals surface area (Å²) in [5.41, 5.74) is -3.32. The Bertz CT molecular complexity index is 1540. The normalized spacial score (nSPS) is 31.4. The lowest BCUT2D eigenvalue weighted by atomic mass is 9.72. The van der Waals surface area contributed by atoms with E-state index in [2.05, 4.69) is 6.58 Å². The van der Waals surface area contributed by atoms with Crippen molar-refractivity contribution < 1.29 is 62.0 Å². The molecule has 0 heterocycles. The van der Waals surface area contributed by atoms with Crippen molar-refractivity contribution in [2.75, 3.05) is 0 Å². The summed E-state index contributed by atoms with van der Waals surface area (Å²) in [4.78, 5) is 91.9. The van der Waals surface area contributed by atoms with Crippen molar-refractivity contribution in [1.82, 2.24) is 0 Å². The smallest absolute Gasteiger partial charge is 0.338 e. The molecule has 9 atom stereocenters. The maximum absolute atomic E-state index is 14.7. The summed E-state index contributed by atoms with van der Waals surface area (Å²) in [6.07, 6.45) is -4.58. The minimum absolute atomic E-state index is 0.156. The van der Waals surface area contributed by atoms with Gasteiger partial charge in [-0.05, 0) is 18.1 Å². The monoisotopic (exact) mass is 698 g/mol. The van der Waals surface area contributed by atoms with Gasteiger partial charge < -0.3 is 28.4 Å². The second-order valence-electron chi connectivity index (χ2n) is 13.5. The molecule has 0 bridgehead atoms. The van der Waals surface area contributed by atoms with E-state index in [1.54, 1.807) is 52.0 Å². The van der Waals surface area contributed by atoms with Crippen LogP contribution in [-0.2, 0) is 57.2 Å². The first-order chi connectivity index (χ1) is 23.2. The molecule has 272 valence electrons. The van der Waals surface area contributed by atoms with Crippen LogP contribution >= 0.6 is 0 Å². The SMILES string of the molecule is C=C1[C@H](OC(C)=O)[C@@H](OC(C)=O)[C@@H](OC(C)=O)C(C)(C)/C=C\[C@H](C)C(=O)[C@@]2(OC(C)=O)C[C@H](C)[C@H](OC(=O)c3ccccc3)[C@@H]2[C@H]1OC(C)=O. The van der Waals surface area contributed by atoms with E-state index in [1.165, 1.54) is 18.2 Å². The predicted octanol–water partition coefficient (Wildman–Crippen LogP) is 4.25. The highest BCUT2D eigenvalue weighted by atomic mass is 16.6. The molecule has 1 fully saturated rings. The van der Waals surface area contributed by atoms with E-state index in [1.807, 2.05) is 0 Å². The van der Waals surface area contributed by atoms with Crippen LogP contribution in [0.1, 0.15) is 79.1 Å². The van der Waals surface area contributed by atoms with E-state index in [0.717, 1.165) is 34.6 Å². The van der Waals surface area contributed by atoms with Gasteiger partial charge in [-0.25, -0.2) is 4.79 Å². The van der Waals surface area contributed by atoms with Crippen LogP contribution in [0.2, 0.25) is 0 Å².